The molecular weight excluding hydrogens is 620 g/mol. The third-order valence-electron chi connectivity index (χ3n) is 8.57. The Bertz CT molecular complexity index is 1820. The van der Waals surface area contributed by atoms with E-state index in [2.05, 4.69) is 10.2 Å². The number of hydrogen-bond acceptors (Lipinski definition) is 7. The third-order valence-corrected chi connectivity index (χ3v) is 10.5. The molecular formula is C34H37ClN6O4Si. The van der Waals surface area contributed by atoms with Gasteiger partial charge >= 0.3 is 0 Å². The number of carbonyl (C=O) groups excluding carboxylic acids is 2. The van der Waals surface area contributed by atoms with E-state index in [1.807, 2.05) is 84.1 Å². The van der Waals surface area contributed by atoms with Gasteiger partial charge in [-0.15, -0.1) is 10.2 Å². The van der Waals surface area contributed by atoms with Gasteiger partial charge in [-0.25, -0.2) is 0 Å². The fraction of sp³-hybridized carbons (Fsp3) is 0.324. The van der Waals surface area contributed by atoms with Crippen LogP contribution in [-0.4, -0.2) is 88.5 Å². The van der Waals surface area contributed by atoms with E-state index in [0.717, 1.165) is 22.0 Å². The van der Waals surface area contributed by atoms with Gasteiger partial charge in [0.15, 0.2) is 5.82 Å². The van der Waals surface area contributed by atoms with E-state index in [1.165, 1.54) is 0 Å². The fourth-order valence-electron chi connectivity index (χ4n) is 6.06. The smallest absolute Gasteiger partial charge is 0.253 e. The predicted molar refractivity (Wildman–Crippen MR) is 180 cm³/mol. The quantitative estimate of drug-likeness (QED) is 0.310. The van der Waals surface area contributed by atoms with Gasteiger partial charge in [0.1, 0.15) is 17.6 Å². The second-order valence-electron chi connectivity index (χ2n) is 12.2. The topological polar surface area (TPSA) is 113 Å². The van der Waals surface area contributed by atoms with Crippen LogP contribution in [0.5, 0.6) is 5.75 Å². The van der Waals surface area contributed by atoms with Crippen molar-refractivity contribution >= 4 is 42.6 Å². The lowest BCUT2D eigenvalue weighted by molar-refractivity contribution is -0.131. The molecule has 10 nitrogen and oxygen atoms in total. The lowest BCUT2D eigenvalue weighted by atomic mass is 10.00. The largest absolute Gasteiger partial charge is 0.497 e. The Balaban J connectivity index is 1.27. The van der Waals surface area contributed by atoms with Crippen molar-refractivity contribution < 1.29 is 19.1 Å². The summed E-state index contributed by atoms with van der Waals surface area (Å²) in [7, 11) is -0.933. The number of rotatable bonds is 6. The summed E-state index contributed by atoms with van der Waals surface area (Å²) in [4.78, 5) is 46.8. The summed E-state index contributed by atoms with van der Waals surface area (Å²) in [5.74, 6) is 1.80. The average Bonchev–Trinajstić information content (AvgIpc) is 3.20. The van der Waals surface area contributed by atoms with E-state index in [-0.39, 0.29) is 18.2 Å². The highest BCUT2D eigenvalue weighted by Gasteiger charge is 2.32. The number of amides is 2. The number of ether oxygens (including phenoxy) is 1. The number of nitrogens with zero attached hydrogens (tertiary/aromatic N) is 6. The standard InChI is InChI=1S/C34H37ClN6O4Si/c1-22-37-38-33-29(36-32(23-9-11-25(35)12-10-23)28-20-26(45-2)13-14-30(28)41(22)33)21-31(42)39-15-6-16-40(18-17-39)34(43)24-7-5-8-27(19-24)46(3,4)44/h5,7-14,19-20,29,44H,6,15-18,21H2,1-4H3. The molecule has 0 bridgehead atoms. The van der Waals surface area contributed by atoms with Crippen molar-refractivity contribution in [3.63, 3.8) is 0 Å². The first-order chi connectivity index (χ1) is 22.0. The number of halogens is 1. The van der Waals surface area contributed by atoms with Crippen molar-refractivity contribution in [1.29, 1.82) is 0 Å². The third kappa shape index (κ3) is 6.35. The van der Waals surface area contributed by atoms with Crippen LogP contribution < -0.4 is 9.92 Å². The highest BCUT2D eigenvalue weighted by atomic mass is 35.5. The molecule has 1 fully saturated rings. The maximum absolute atomic E-state index is 13.9. The number of methoxy groups -OCH3 is 1. The van der Waals surface area contributed by atoms with Gasteiger partial charge in [0, 0.05) is 47.9 Å². The van der Waals surface area contributed by atoms with Gasteiger partial charge < -0.3 is 19.3 Å². The van der Waals surface area contributed by atoms with E-state index in [1.54, 1.807) is 24.1 Å². The maximum Gasteiger partial charge on any atom is 0.253 e. The maximum atomic E-state index is 13.9. The molecule has 0 radical (unpaired) electrons. The molecule has 12 heteroatoms. The molecule has 4 aromatic rings. The minimum atomic E-state index is -2.56. The Morgan fingerprint density at radius 1 is 0.978 bits per heavy atom. The Morgan fingerprint density at radius 2 is 1.72 bits per heavy atom. The Hall–Kier alpha value is -4.32. The molecule has 2 aliphatic rings. The zero-order valence-electron chi connectivity index (χ0n) is 26.4. The normalized spacial score (nSPS) is 16.6. The zero-order chi connectivity index (χ0) is 32.6. The first-order valence-corrected chi connectivity index (χ1v) is 18.7. The number of benzene rings is 3. The lowest BCUT2D eigenvalue weighted by Crippen LogP contribution is -2.42. The molecule has 3 aromatic carbocycles. The number of aliphatic imine (C=N–C) groups is 1. The molecule has 2 aliphatic heterocycles. The molecule has 1 aromatic heterocycles. The molecule has 1 saturated heterocycles. The van der Waals surface area contributed by atoms with Crippen molar-refractivity contribution in [2.24, 2.45) is 4.99 Å². The molecule has 0 aliphatic carbocycles. The number of aryl methyl sites for hydroxylation is 1. The molecule has 238 valence electrons. The van der Waals surface area contributed by atoms with Crippen molar-refractivity contribution in [2.45, 2.75) is 38.9 Å². The number of fused-ring (bicyclic) bond motifs is 3. The molecule has 1 N–H and O–H groups in total. The second kappa shape index (κ2) is 12.8. The first kappa shape index (κ1) is 31.7. The monoisotopic (exact) mass is 656 g/mol. The van der Waals surface area contributed by atoms with Gasteiger partial charge in [-0.3, -0.25) is 19.1 Å². The Kier molecular flexibility index (Phi) is 8.82. The van der Waals surface area contributed by atoms with Crippen LogP contribution in [0.25, 0.3) is 5.69 Å². The molecule has 0 spiro atoms. The summed E-state index contributed by atoms with van der Waals surface area (Å²) in [6.07, 6.45) is 0.744. The van der Waals surface area contributed by atoms with Crippen LogP contribution in [0.15, 0.2) is 71.7 Å². The Morgan fingerprint density at radius 3 is 2.46 bits per heavy atom. The molecule has 6 rings (SSSR count). The summed E-state index contributed by atoms with van der Waals surface area (Å²) in [5, 5.41) is 10.3. The van der Waals surface area contributed by atoms with E-state index in [0.29, 0.717) is 66.3 Å². The van der Waals surface area contributed by atoms with Crippen LogP contribution in [0, 0.1) is 6.92 Å². The van der Waals surface area contributed by atoms with Crippen LogP contribution in [0.2, 0.25) is 18.1 Å². The highest BCUT2D eigenvalue weighted by molar-refractivity contribution is 6.83. The van der Waals surface area contributed by atoms with E-state index in [9.17, 15) is 14.4 Å². The van der Waals surface area contributed by atoms with Gasteiger partial charge in [-0.2, -0.15) is 0 Å². The van der Waals surface area contributed by atoms with Crippen LogP contribution in [-0.2, 0) is 4.79 Å². The van der Waals surface area contributed by atoms with Crippen molar-refractivity contribution in [2.75, 3.05) is 33.3 Å². The fourth-order valence-corrected chi connectivity index (χ4v) is 7.20. The average molecular weight is 657 g/mol. The van der Waals surface area contributed by atoms with Crippen LogP contribution in [0.4, 0.5) is 0 Å². The molecule has 1 atom stereocenters. The number of aromatic nitrogens is 3. The van der Waals surface area contributed by atoms with E-state index < -0.39 is 14.4 Å². The van der Waals surface area contributed by atoms with Crippen LogP contribution in [0.1, 0.15) is 52.0 Å². The zero-order valence-corrected chi connectivity index (χ0v) is 28.2. The van der Waals surface area contributed by atoms with E-state index in [4.69, 9.17) is 21.3 Å². The second-order valence-corrected chi connectivity index (χ2v) is 16.3. The minimum Gasteiger partial charge on any atom is -0.497 e. The van der Waals surface area contributed by atoms with Crippen LogP contribution >= 0.6 is 11.6 Å². The summed E-state index contributed by atoms with van der Waals surface area (Å²) in [6.45, 7) is 7.46. The predicted octanol–water partition coefficient (Wildman–Crippen LogP) is 4.30. The molecule has 1 unspecified atom stereocenters. The van der Waals surface area contributed by atoms with Gasteiger partial charge in [-0.05, 0) is 74.1 Å². The summed E-state index contributed by atoms with van der Waals surface area (Å²) in [5.41, 5.74) is 3.80. The summed E-state index contributed by atoms with van der Waals surface area (Å²) >= 11 is 6.23. The Labute approximate surface area is 274 Å². The SMILES string of the molecule is COc1ccc2c(c1)C(c1ccc(Cl)cc1)=NC(CC(=O)N1CCCN(C(=O)c3cccc([Si](C)(C)O)c3)CC1)c1nnc(C)n1-2. The minimum absolute atomic E-state index is 0.0655. The number of carbonyl (C=O) groups is 2. The van der Waals surface area contributed by atoms with E-state index >= 15 is 0 Å². The van der Waals surface area contributed by atoms with Crippen molar-refractivity contribution in [3.05, 3.63) is 100 Å². The van der Waals surface area contributed by atoms with Crippen LogP contribution in [0.3, 0.4) is 0 Å². The molecule has 2 amide bonds. The molecule has 46 heavy (non-hydrogen) atoms. The lowest BCUT2D eigenvalue weighted by Gasteiger charge is -2.24. The van der Waals surface area contributed by atoms with Crippen molar-refractivity contribution in [1.82, 2.24) is 24.6 Å². The highest BCUT2D eigenvalue weighted by Crippen LogP contribution is 2.35. The summed E-state index contributed by atoms with van der Waals surface area (Å²) < 4.78 is 7.53. The molecule has 3 heterocycles. The van der Waals surface area contributed by atoms with Gasteiger partial charge in [0.25, 0.3) is 5.91 Å². The first-order valence-electron chi connectivity index (χ1n) is 15.4. The molecule has 0 saturated carbocycles. The van der Waals surface area contributed by atoms with Gasteiger partial charge in [0.05, 0.1) is 24.9 Å². The van der Waals surface area contributed by atoms with Gasteiger partial charge in [0.2, 0.25) is 14.2 Å². The number of hydrogen-bond donors (Lipinski definition) is 1. The summed E-state index contributed by atoms with van der Waals surface area (Å²) in [6, 6.07) is 20.0. The van der Waals surface area contributed by atoms with Gasteiger partial charge in [-0.1, -0.05) is 35.9 Å². The van der Waals surface area contributed by atoms with Crippen molar-refractivity contribution in [3.8, 4) is 11.4 Å².